The number of esters is 1. The molecule has 104 valence electrons. The van der Waals surface area contributed by atoms with E-state index >= 15 is 0 Å². The fourth-order valence-corrected chi connectivity index (χ4v) is 3.33. The molecule has 0 bridgehead atoms. The molecule has 1 saturated carbocycles. The summed E-state index contributed by atoms with van der Waals surface area (Å²) in [5.41, 5.74) is -0.436. The quantitative estimate of drug-likeness (QED) is 0.776. The van der Waals surface area contributed by atoms with Gasteiger partial charge in [-0.2, -0.15) is 0 Å². The summed E-state index contributed by atoms with van der Waals surface area (Å²) >= 11 is 0. The number of methoxy groups -OCH3 is 1. The van der Waals surface area contributed by atoms with Crippen LogP contribution in [-0.4, -0.2) is 49.7 Å². The maximum atomic E-state index is 12.2. The van der Waals surface area contributed by atoms with Crippen molar-refractivity contribution < 1.29 is 9.53 Å². The molecule has 2 fully saturated rings. The van der Waals surface area contributed by atoms with Crippen molar-refractivity contribution in [1.82, 2.24) is 10.2 Å². The zero-order valence-corrected chi connectivity index (χ0v) is 11.7. The average molecular weight is 254 g/mol. The Morgan fingerprint density at radius 2 is 1.94 bits per heavy atom. The van der Waals surface area contributed by atoms with Gasteiger partial charge in [0.1, 0.15) is 5.54 Å². The number of hydrogen-bond acceptors (Lipinski definition) is 4. The van der Waals surface area contributed by atoms with Gasteiger partial charge in [-0.05, 0) is 45.7 Å². The highest BCUT2D eigenvalue weighted by atomic mass is 16.5. The lowest BCUT2D eigenvalue weighted by Crippen LogP contribution is -2.56. The summed E-state index contributed by atoms with van der Waals surface area (Å²) in [4.78, 5) is 14.5. The molecule has 0 aromatic rings. The van der Waals surface area contributed by atoms with Crippen molar-refractivity contribution in [1.29, 1.82) is 0 Å². The summed E-state index contributed by atoms with van der Waals surface area (Å²) in [6.45, 7) is 2.04. The highest BCUT2D eigenvalue weighted by Gasteiger charge is 2.42. The molecule has 1 N–H and O–H groups in total. The molecule has 0 aromatic heterocycles. The van der Waals surface area contributed by atoms with Crippen LogP contribution in [0.1, 0.15) is 44.9 Å². The Morgan fingerprint density at radius 1 is 1.22 bits per heavy atom. The van der Waals surface area contributed by atoms with E-state index in [1.165, 1.54) is 32.8 Å². The van der Waals surface area contributed by atoms with Crippen molar-refractivity contribution in [3.8, 4) is 0 Å². The maximum absolute atomic E-state index is 12.2. The average Bonchev–Trinajstić information content (AvgIpc) is 2.80. The second-order valence-corrected chi connectivity index (χ2v) is 5.86. The van der Waals surface area contributed by atoms with Gasteiger partial charge < -0.3 is 9.64 Å². The molecule has 1 atom stereocenters. The number of rotatable bonds is 3. The molecule has 1 aliphatic carbocycles. The van der Waals surface area contributed by atoms with Crippen molar-refractivity contribution in [2.24, 2.45) is 0 Å². The van der Waals surface area contributed by atoms with Gasteiger partial charge in [0.2, 0.25) is 0 Å². The van der Waals surface area contributed by atoms with Gasteiger partial charge in [-0.3, -0.25) is 10.1 Å². The molecular weight excluding hydrogens is 228 g/mol. The zero-order valence-electron chi connectivity index (χ0n) is 11.7. The van der Waals surface area contributed by atoms with Crippen LogP contribution in [0.15, 0.2) is 0 Å². The zero-order chi connectivity index (χ0) is 13.0. The van der Waals surface area contributed by atoms with Crippen molar-refractivity contribution in [3.05, 3.63) is 0 Å². The normalized spacial score (nSPS) is 31.2. The molecule has 0 aromatic carbocycles. The molecule has 1 heterocycles. The summed E-state index contributed by atoms with van der Waals surface area (Å²) in [5.74, 6) is -0.0651. The highest BCUT2D eigenvalue weighted by Crippen LogP contribution is 2.28. The molecule has 1 saturated heterocycles. The number of carbonyl (C=O) groups excluding carboxylic acids is 1. The van der Waals surface area contributed by atoms with Crippen molar-refractivity contribution in [3.63, 3.8) is 0 Å². The van der Waals surface area contributed by atoms with E-state index in [0.29, 0.717) is 6.04 Å². The molecule has 18 heavy (non-hydrogen) atoms. The standard InChI is InChI=1S/C14H26N2O2/c1-16-10-5-8-14(9-11-16,13(17)18-2)15-12-6-3-4-7-12/h12,15H,3-11H2,1-2H3. The largest absolute Gasteiger partial charge is 0.468 e. The van der Waals surface area contributed by atoms with Crippen LogP contribution in [0.2, 0.25) is 0 Å². The lowest BCUT2D eigenvalue weighted by atomic mass is 9.89. The maximum Gasteiger partial charge on any atom is 0.326 e. The van der Waals surface area contributed by atoms with Gasteiger partial charge in [-0.1, -0.05) is 12.8 Å². The lowest BCUT2D eigenvalue weighted by molar-refractivity contribution is -0.149. The first-order valence-corrected chi connectivity index (χ1v) is 7.21. The molecule has 4 heteroatoms. The first-order chi connectivity index (χ1) is 8.66. The van der Waals surface area contributed by atoms with E-state index in [-0.39, 0.29) is 5.97 Å². The second kappa shape index (κ2) is 6.02. The summed E-state index contributed by atoms with van der Waals surface area (Å²) in [7, 11) is 3.64. The van der Waals surface area contributed by atoms with Crippen molar-refractivity contribution >= 4 is 5.97 Å². The third-order valence-corrected chi connectivity index (χ3v) is 4.48. The fourth-order valence-electron chi connectivity index (χ4n) is 3.33. The predicted octanol–water partition coefficient (Wildman–Crippen LogP) is 1.55. The van der Waals surface area contributed by atoms with Crippen LogP contribution in [0, 0.1) is 0 Å². The predicted molar refractivity (Wildman–Crippen MR) is 71.5 cm³/mol. The number of likely N-dealkylation sites (tertiary alicyclic amines) is 1. The van der Waals surface area contributed by atoms with Crippen LogP contribution in [0.25, 0.3) is 0 Å². The molecule has 1 aliphatic heterocycles. The SMILES string of the molecule is COC(=O)C1(NC2CCCC2)CCCN(C)CC1. The smallest absolute Gasteiger partial charge is 0.326 e. The Balaban J connectivity index is 2.08. The van der Waals surface area contributed by atoms with Gasteiger partial charge in [0.25, 0.3) is 0 Å². The molecule has 2 aliphatic rings. The van der Waals surface area contributed by atoms with Gasteiger partial charge in [-0.25, -0.2) is 0 Å². The Bertz CT molecular complexity index is 290. The third kappa shape index (κ3) is 3.04. The van der Waals surface area contributed by atoms with Crippen molar-refractivity contribution in [2.45, 2.75) is 56.5 Å². The Labute approximate surface area is 110 Å². The number of ether oxygens (including phenoxy) is 1. The summed E-state index contributed by atoms with van der Waals surface area (Å²) in [5, 5.41) is 3.64. The molecule has 0 spiro atoms. The van der Waals surface area contributed by atoms with E-state index in [9.17, 15) is 4.79 Å². The van der Waals surface area contributed by atoms with Gasteiger partial charge in [-0.15, -0.1) is 0 Å². The van der Waals surface area contributed by atoms with Crippen LogP contribution in [0.5, 0.6) is 0 Å². The molecule has 1 unspecified atom stereocenters. The first-order valence-electron chi connectivity index (χ1n) is 7.21. The molecule has 2 rings (SSSR count). The Hall–Kier alpha value is -0.610. The van der Waals surface area contributed by atoms with Crippen LogP contribution >= 0.6 is 0 Å². The van der Waals surface area contributed by atoms with Crippen LogP contribution in [0.4, 0.5) is 0 Å². The van der Waals surface area contributed by atoms with Crippen LogP contribution in [-0.2, 0) is 9.53 Å². The van der Waals surface area contributed by atoms with E-state index in [2.05, 4.69) is 17.3 Å². The molecule has 4 nitrogen and oxygen atoms in total. The van der Waals surface area contributed by atoms with Crippen molar-refractivity contribution in [2.75, 3.05) is 27.2 Å². The van der Waals surface area contributed by atoms with E-state index in [1.54, 1.807) is 0 Å². The molecule has 0 radical (unpaired) electrons. The topological polar surface area (TPSA) is 41.6 Å². The number of nitrogens with one attached hydrogen (secondary N) is 1. The van der Waals surface area contributed by atoms with Gasteiger partial charge >= 0.3 is 5.97 Å². The summed E-state index contributed by atoms with van der Waals surface area (Å²) in [6, 6.07) is 0.507. The minimum Gasteiger partial charge on any atom is -0.468 e. The number of nitrogens with zero attached hydrogens (tertiary/aromatic N) is 1. The van der Waals surface area contributed by atoms with E-state index in [4.69, 9.17) is 4.74 Å². The van der Waals surface area contributed by atoms with E-state index in [1.807, 2.05) is 0 Å². The van der Waals surface area contributed by atoms with E-state index in [0.717, 1.165) is 32.4 Å². The molecule has 0 amide bonds. The number of carbonyl (C=O) groups is 1. The van der Waals surface area contributed by atoms with Gasteiger partial charge in [0.15, 0.2) is 0 Å². The third-order valence-electron chi connectivity index (χ3n) is 4.48. The second-order valence-electron chi connectivity index (χ2n) is 5.86. The highest BCUT2D eigenvalue weighted by molar-refractivity contribution is 5.80. The minimum atomic E-state index is -0.436. The summed E-state index contributed by atoms with van der Waals surface area (Å²) in [6.07, 6.45) is 7.81. The van der Waals surface area contributed by atoms with Gasteiger partial charge in [0.05, 0.1) is 7.11 Å². The Kier molecular flexibility index (Phi) is 4.62. The van der Waals surface area contributed by atoms with Crippen LogP contribution in [0.3, 0.4) is 0 Å². The Morgan fingerprint density at radius 3 is 2.61 bits per heavy atom. The summed E-state index contributed by atoms with van der Waals surface area (Å²) < 4.78 is 5.07. The van der Waals surface area contributed by atoms with Crippen LogP contribution < -0.4 is 5.32 Å². The fraction of sp³-hybridized carbons (Fsp3) is 0.929. The monoisotopic (exact) mass is 254 g/mol. The lowest BCUT2D eigenvalue weighted by Gasteiger charge is -2.34. The van der Waals surface area contributed by atoms with Gasteiger partial charge in [0, 0.05) is 12.6 Å². The number of hydrogen-bond donors (Lipinski definition) is 1. The van der Waals surface area contributed by atoms with E-state index < -0.39 is 5.54 Å². The molecular formula is C14H26N2O2. The minimum absolute atomic E-state index is 0.0651. The first kappa shape index (κ1) is 13.8.